The lowest BCUT2D eigenvalue weighted by atomic mass is 10.3. The van der Waals surface area contributed by atoms with E-state index in [0.717, 1.165) is 29.1 Å². The van der Waals surface area contributed by atoms with Crippen molar-refractivity contribution in [2.45, 2.75) is 26.4 Å². The number of anilines is 1. The zero-order chi connectivity index (χ0) is 15.7. The number of imidazole rings is 1. The van der Waals surface area contributed by atoms with Crippen LogP contribution in [0.5, 0.6) is 0 Å². The number of hydrogen-bond donors (Lipinski definition) is 0. The van der Waals surface area contributed by atoms with E-state index in [1.165, 1.54) is 11.5 Å². The molecule has 22 heavy (non-hydrogen) atoms. The molecule has 0 saturated heterocycles. The van der Waals surface area contributed by atoms with Gasteiger partial charge in [0.05, 0.1) is 17.6 Å². The summed E-state index contributed by atoms with van der Waals surface area (Å²) in [5, 5.41) is 0.848. The zero-order valence-corrected chi connectivity index (χ0v) is 13.8. The number of rotatable bonds is 5. The monoisotopic (exact) mass is 317 g/mol. The molecule has 0 saturated carbocycles. The topological polar surface area (TPSA) is 56.0 Å². The summed E-state index contributed by atoms with van der Waals surface area (Å²) in [6, 6.07) is 7.88. The van der Waals surface area contributed by atoms with Gasteiger partial charge in [-0.3, -0.25) is 9.13 Å². The molecule has 6 nitrogen and oxygen atoms in total. The molecule has 3 aromatic rings. The fourth-order valence-corrected chi connectivity index (χ4v) is 3.09. The van der Waals surface area contributed by atoms with Gasteiger partial charge in [0.1, 0.15) is 0 Å². The average molecular weight is 317 g/mol. The van der Waals surface area contributed by atoms with Gasteiger partial charge in [-0.1, -0.05) is 19.1 Å². The van der Waals surface area contributed by atoms with Gasteiger partial charge in [0.2, 0.25) is 5.13 Å². The number of benzene rings is 1. The van der Waals surface area contributed by atoms with Crippen LogP contribution >= 0.6 is 11.5 Å². The standard InChI is InChI=1S/C15H19N5OS/c1-4-9-19-11-7-5-6-8-12(11)20(15(19)21)10-13-16-14(18(2)3)22-17-13/h5-8H,4,9-10H2,1-3H3. The van der Waals surface area contributed by atoms with Crippen LogP contribution in [0, 0.1) is 0 Å². The van der Waals surface area contributed by atoms with Crippen molar-refractivity contribution in [2.75, 3.05) is 19.0 Å². The Morgan fingerprint density at radius 1 is 1.18 bits per heavy atom. The van der Waals surface area contributed by atoms with Crippen LogP contribution in [0.1, 0.15) is 19.2 Å². The van der Waals surface area contributed by atoms with E-state index in [1.54, 1.807) is 4.57 Å². The summed E-state index contributed by atoms with van der Waals surface area (Å²) in [6.45, 7) is 3.20. The van der Waals surface area contributed by atoms with E-state index in [-0.39, 0.29) is 5.69 Å². The van der Waals surface area contributed by atoms with Crippen LogP contribution in [-0.4, -0.2) is 32.6 Å². The van der Waals surface area contributed by atoms with Crippen molar-refractivity contribution in [3.8, 4) is 0 Å². The first-order valence-corrected chi connectivity index (χ1v) is 8.07. The molecule has 0 aliphatic rings. The van der Waals surface area contributed by atoms with Crippen LogP contribution in [0.25, 0.3) is 11.0 Å². The van der Waals surface area contributed by atoms with Gasteiger partial charge in [-0.25, -0.2) is 9.78 Å². The highest BCUT2D eigenvalue weighted by molar-refractivity contribution is 7.09. The van der Waals surface area contributed by atoms with Crippen molar-refractivity contribution in [3.63, 3.8) is 0 Å². The van der Waals surface area contributed by atoms with E-state index < -0.39 is 0 Å². The maximum Gasteiger partial charge on any atom is 0.329 e. The van der Waals surface area contributed by atoms with Crippen molar-refractivity contribution in [1.82, 2.24) is 18.5 Å². The molecule has 2 aromatic heterocycles. The second-order valence-electron chi connectivity index (χ2n) is 5.40. The molecule has 0 bridgehead atoms. The Balaban J connectivity index is 2.06. The van der Waals surface area contributed by atoms with Gasteiger partial charge in [0.25, 0.3) is 0 Å². The molecule has 7 heteroatoms. The van der Waals surface area contributed by atoms with Gasteiger partial charge < -0.3 is 4.90 Å². The molecular formula is C15H19N5OS. The van der Waals surface area contributed by atoms with Gasteiger partial charge in [0.15, 0.2) is 5.82 Å². The Labute approximate surface area is 132 Å². The molecule has 116 valence electrons. The number of aromatic nitrogens is 4. The molecule has 1 aromatic carbocycles. The van der Waals surface area contributed by atoms with E-state index >= 15 is 0 Å². The largest absolute Gasteiger partial charge is 0.353 e. The quantitative estimate of drug-likeness (QED) is 0.724. The molecule has 0 radical (unpaired) electrons. The highest BCUT2D eigenvalue weighted by Crippen LogP contribution is 2.17. The summed E-state index contributed by atoms with van der Waals surface area (Å²) >= 11 is 1.35. The molecule has 0 atom stereocenters. The summed E-state index contributed by atoms with van der Waals surface area (Å²) in [5.41, 5.74) is 1.91. The highest BCUT2D eigenvalue weighted by atomic mass is 32.1. The number of aryl methyl sites for hydroxylation is 1. The normalized spacial score (nSPS) is 11.2. The first-order valence-electron chi connectivity index (χ1n) is 7.29. The molecule has 0 aliphatic heterocycles. The maximum atomic E-state index is 12.7. The summed E-state index contributed by atoms with van der Waals surface area (Å²) in [5.74, 6) is 0.676. The first-order chi connectivity index (χ1) is 10.6. The maximum absolute atomic E-state index is 12.7. The lowest BCUT2D eigenvalue weighted by Crippen LogP contribution is -2.25. The molecular weight excluding hydrogens is 298 g/mol. The first kappa shape index (κ1) is 14.8. The third kappa shape index (κ3) is 2.52. The molecule has 3 rings (SSSR count). The fourth-order valence-electron chi connectivity index (χ4n) is 2.50. The molecule has 0 spiro atoms. The third-order valence-corrected chi connectivity index (χ3v) is 4.43. The van der Waals surface area contributed by atoms with E-state index in [4.69, 9.17) is 0 Å². The molecule has 2 heterocycles. The molecule has 0 aliphatic carbocycles. The van der Waals surface area contributed by atoms with Crippen LogP contribution in [-0.2, 0) is 13.1 Å². The Kier molecular flexibility index (Phi) is 3.98. The van der Waals surface area contributed by atoms with Crippen molar-refractivity contribution >= 4 is 27.7 Å². The zero-order valence-electron chi connectivity index (χ0n) is 13.0. The number of fused-ring (bicyclic) bond motifs is 1. The fraction of sp³-hybridized carbons (Fsp3) is 0.400. The molecule has 0 unspecified atom stereocenters. The van der Waals surface area contributed by atoms with Crippen LogP contribution in [0.3, 0.4) is 0 Å². The number of nitrogens with zero attached hydrogens (tertiary/aromatic N) is 5. The van der Waals surface area contributed by atoms with Crippen molar-refractivity contribution in [3.05, 3.63) is 40.6 Å². The van der Waals surface area contributed by atoms with Crippen LogP contribution in [0.2, 0.25) is 0 Å². The Bertz CT molecular complexity index is 845. The predicted molar refractivity (Wildman–Crippen MR) is 89.8 cm³/mol. The summed E-state index contributed by atoms with van der Waals surface area (Å²) in [7, 11) is 3.87. The summed E-state index contributed by atoms with van der Waals surface area (Å²) in [4.78, 5) is 19.1. The lowest BCUT2D eigenvalue weighted by Gasteiger charge is -2.04. The van der Waals surface area contributed by atoms with Crippen molar-refractivity contribution in [2.24, 2.45) is 0 Å². The third-order valence-electron chi connectivity index (χ3n) is 3.51. The molecule has 0 N–H and O–H groups in total. The minimum atomic E-state index is 0.00394. The van der Waals surface area contributed by atoms with E-state index in [2.05, 4.69) is 16.3 Å². The van der Waals surface area contributed by atoms with Crippen LogP contribution in [0.4, 0.5) is 5.13 Å². The second-order valence-corrected chi connectivity index (χ2v) is 6.13. The lowest BCUT2D eigenvalue weighted by molar-refractivity contribution is 0.632. The Hall–Kier alpha value is -2.15. The molecule has 0 fully saturated rings. The van der Waals surface area contributed by atoms with Gasteiger partial charge >= 0.3 is 5.69 Å². The minimum absolute atomic E-state index is 0.00394. The van der Waals surface area contributed by atoms with E-state index in [9.17, 15) is 4.79 Å². The smallest absolute Gasteiger partial charge is 0.329 e. The van der Waals surface area contributed by atoms with Gasteiger partial charge in [-0.05, 0) is 18.6 Å². The van der Waals surface area contributed by atoms with Crippen LogP contribution in [0.15, 0.2) is 29.1 Å². The van der Waals surface area contributed by atoms with E-state index in [0.29, 0.717) is 12.4 Å². The molecule has 0 amide bonds. The Morgan fingerprint density at radius 3 is 2.45 bits per heavy atom. The van der Waals surface area contributed by atoms with Crippen molar-refractivity contribution in [1.29, 1.82) is 0 Å². The predicted octanol–water partition coefficient (Wildman–Crippen LogP) is 2.18. The number of para-hydroxylation sites is 2. The number of hydrogen-bond acceptors (Lipinski definition) is 5. The minimum Gasteiger partial charge on any atom is -0.353 e. The average Bonchev–Trinajstić information content (AvgIpc) is 3.07. The van der Waals surface area contributed by atoms with Crippen molar-refractivity contribution < 1.29 is 0 Å². The highest BCUT2D eigenvalue weighted by Gasteiger charge is 2.14. The van der Waals surface area contributed by atoms with Gasteiger partial charge in [0, 0.05) is 32.2 Å². The van der Waals surface area contributed by atoms with Gasteiger partial charge in [-0.2, -0.15) is 4.37 Å². The second kappa shape index (κ2) is 5.92. The SMILES string of the molecule is CCCn1c(=O)n(Cc2nsc(N(C)C)n2)c2ccccc21. The van der Waals surface area contributed by atoms with E-state index in [1.807, 2.05) is 47.8 Å². The van der Waals surface area contributed by atoms with Gasteiger partial charge in [-0.15, -0.1) is 0 Å². The Morgan fingerprint density at radius 2 is 1.86 bits per heavy atom. The summed E-state index contributed by atoms with van der Waals surface area (Å²) < 4.78 is 7.94. The summed E-state index contributed by atoms with van der Waals surface area (Å²) in [6.07, 6.45) is 0.924. The van der Waals surface area contributed by atoms with Crippen LogP contribution < -0.4 is 10.6 Å².